The van der Waals surface area contributed by atoms with Crippen molar-refractivity contribution in [3.05, 3.63) is 59.2 Å². The largest absolute Gasteiger partial charge is 0.329 e. The molecule has 0 amide bonds. The summed E-state index contributed by atoms with van der Waals surface area (Å²) < 4.78 is 0. The molecular formula is C15H16N2. The van der Waals surface area contributed by atoms with Crippen molar-refractivity contribution in [1.29, 1.82) is 0 Å². The molecule has 0 aromatic heterocycles. The van der Waals surface area contributed by atoms with E-state index >= 15 is 0 Å². The van der Waals surface area contributed by atoms with Crippen molar-refractivity contribution in [2.24, 2.45) is 11.5 Å². The standard InChI is InChI=1S/C15H16N2/c16-9-15(17)12-6-5-11-7-10-3-1-2-4-13(10)14(11)8-12/h1-6,8,15H,7,9,16-17H2/t15-/m1/s1. The molecule has 0 spiro atoms. The van der Waals surface area contributed by atoms with E-state index in [1.54, 1.807) is 0 Å². The molecule has 2 aromatic carbocycles. The summed E-state index contributed by atoms with van der Waals surface area (Å²) in [5.41, 5.74) is 18.2. The fraction of sp³-hybridized carbons (Fsp3) is 0.200. The number of fused-ring (bicyclic) bond motifs is 3. The van der Waals surface area contributed by atoms with Crippen molar-refractivity contribution >= 4 is 0 Å². The van der Waals surface area contributed by atoms with Gasteiger partial charge in [0, 0.05) is 12.6 Å². The third-order valence-electron chi connectivity index (χ3n) is 3.50. The fourth-order valence-corrected chi connectivity index (χ4v) is 2.51. The van der Waals surface area contributed by atoms with Gasteiger partial charge in [0.05, 0.1) is 0 Å². The van der Waals surface area contributed by atoms with Gasteiger partial charge >= 0.3 is 0 Å². The molecule has 0 unspecified atom stereocenters. The Kier molecular flexibility index (Phi) is 2.46. The normalized spacial score (nSPS) is 14.2. The van der Waals surface area contributed by atoms with Gasteiger partial charge in [0.15, 0.2) is 0 Å². The van der Waals surface area contributed by atoms with E-state index in [1.807, 2.05) is 0 Å². The maximum atomic E-state index is 5.98. The summed E-state index contributed by atoms with van der Waals surface area (Å²) in [4.78, 5) is 0. The molecule has 1 atom stereocenters. The second-order valence-electron chi connectivity index (χ2n) is 4.59. The molecule has 1 aliphatic rings. The first-order chi connectivity index (χ1) is 8.29. The minimum Gasteiger partial charge on any atom is -0.329 e. The molecule has 86 valence electrons. The van der Waals surface area contributed by atoms with Gasteiger partial charge in [-0.15, -0.1) is 0 Å². The molecule has 0 bridgehead atoms. The van der Waals surface area contributed by atoms with E-state index < -0.39 is 0 Å². The van der Waals surface area contributed by atoms with Crippen molar-refractivity contribution in [3.8, 4) is 11.1 Å². The molecule has 1 aliphatic carbocycles. The number of rotatable bonds is 2. The van der Waals surface area contributed by atoms with Gasteiger partial charge in [-0.3, -0.25) is 0 Å². The first kappa shape index (κ1) is 10.5. The van der Waals surface area contributed by atoms with Crippen LogP contribution in [0.4, 0.5) is 0 Å². The Balaban J connectivity index is 2.11. The number of hydrogen-bond donors (Lipinski definition) is 2. The zero-order valence-corrected chi connectivity index (χ0v) is 9.69. The lowest BCUT2D eigenvalue weighted by molar-refractivity contribution is 0.737. The Labute approximate surface area is 101 Å². The van der Waals surface area contributed by atoms with E-state index in [0.717, 1.165) is 12.0 Å². The minimum atomic E-state index is -0.0620. The van der Waals surface area contributed by atoms with Crippen LogP contribution >= 0.6 is 0 Å². The SMILES string of the molecule is NC[C@@H](N)c1ccc2c(c1)-c1ccccc1C2. The van der Waals surface area contributed by atoms with Crippen LogP contribution < -0.4 is 11.5 Å². The molecule has 0 heterocycles. The average molecular weight is 224 g/mol. The van der Waals surface area contributed by atoms with Crippen molar-refractivity contribution in [3.63, 3.8) is 0 Å². The first-order valence-electron chi connectivity index (χ1n) is 5.96. The second kappa shape index (κ2) is 3.99. The highest BCUT2D eigenvalue weighted by Gasteiger charge is 2.18. The van der Waals surface area contributed by atoms with Gasteiger partial charge in [0.1, 0.15) is 0 Å². The van der Waals surface area contributed by atoms with Crippen LogP contribution in [0.5, 0.6) is 0 Å². The maximum Gasteiger partial charge on any atom is 0.0419 e. The maximum absolute atomic E-state index is 5.98. The van der Waals surface area contributed by atoms with Crippen molar-refractivity contribution in [2.75, 3.05) is 6.54 Å². The molecule has 0 saturated heterocycles. The zero-order chi connectivity index (χ0) is 11.8. The molecule has 0 saturated carbocycles. The summed E-state index contributed by atoms with van der Waals surface area (Å²) in [6.07, 6.45) is 1.03. The highest BCUT2D eigenvalue weighted by molar-refractivity contribution is 5.77. The smallest absolute Gasteiger partial charge is 0.0419 e. The van der Waals surface area contributed by atoms with Gasteiger partial charge in [-0.1, -0.05) is 36.4 Å². The summed E-state index contributed by atoms with van der Waals surface area (Å²) in [6, 6.07) is 15.0. The number of nitrogens with two attached hydrogens (primary N) is 2. The second-order valence-corrected chi connectivity index (χ2v) is 4.59. The van der Waals surface area contributed by atoms with Crippen LogP contribution in [0.15, 0.2) is 42.5 Å². The van der Waals surface area contributed by atoms with Gasteiger partial charge in [-0.2, -0.15) is 0 Å². The first-order valence-corrected chi connectivity index (χ1v) is 5.96. The van der Waals surface area contributed by atoms with E-state index in [0.29, 0.717) is 6.54 Å². The quantitative estimate of drug-likeness (QED) is 0.701. The lowest BCUT2D eigenvalue weighted by atomic mass is 9.99. The Hall–Kier alpha value is -1.64. The summed E-state index contributed by atoms with van der Waals surface area (Å²) in [5, 5.41) is 0. The summed E-state index contributed by atoms with van der Waals surface area (Å²) in [6.45, 7) is 0.487. The zero-order valence-electron chi connectivity index (χ0n) is 9.69. The van der Waals surface area contributed by atoms with Crippen molar-refractivity contribution in [1.82, 2.24) is 0 Å². The topological polar surface area (TPSA) is 52.0 Å². The molecule has 3 rings (SSSR count). The van der Waals surface area contributed by atoms with Crippen LogP contribution in [0.3, 0.4) is 0 Å². The van der Waals surface area contributed by atoms with Gasteiger partial charge in [0.25, 0.3) is 0 Å². The van der Waals surface area contributed by atoms with Crippen molar-refractivity contribution < 1.29 is 0 Å². The van der Waals surface area contributed by atoms with E-state index in [-0.39, 0.29) is 6.04 Å². The fourth-order valence-electron chi connectivity index (χ4n) is 2.51. The Bertz CT molecular complexity index is 561. The molecule has 0 aliphatic heterocycles. The molecular weight excluding hydrogens is 208 g/mol. The highest BCUT2D eigenvalue weighted by atomic mass is 14.7. The predicted molar refractivity (Wildman–Crippen MR) is 70.7 cm³/mol. The highest BCUT2D eigenvalue weighted by Crippen LogP contribution is 2.37. The molecule has 2 heteroatoms. The Morgan fingerprint density at radius 2 is 1.76 bits per heavy atom. The van der Waals surface area contributed by atoms with Crippen LogP contribution in [-0.4, -0.2) is 6.54 Å². The lowest BCUT2D eigenvalue weighted by Gasteiger charge is -2.11. The summed E-state index contributed by atoms with van der Waals surface area (Å²) in [5.74, 6) is 0. The third-order valence-corrected chi connectivity index (χ3v) is 3.50. The molecule has 2 aromatic rings. The van der Waals surface area contributed by atoms with E-state index in [1.165, 1.54) is 22.3 Å². The van der Waals surface area contributed by atoms with Gasteiger partial charge in [-0.05, 0) is 40.3 Å². The van der Waals surface area contributed by atoms with E-state index in [4.69, 9.17) is 11.5 Å². The lowest BCUT2D eigenvalue weighted by Crippen LogP contribution is -2.20. The van der Waals surface area contributed by atoms with Crippen LogP contribution in [0.1, 0.15) is 22.7 Å². The van der Waals surface area contributed by atoms with Crippen LogP contribution in [0.25, 0.3) is 11.1 Å². The monoisotopic (exact) mass is 224 g/mol. The number of benzene rings is 2. The molecule has 17 heavy (non-hydrogen) atoms. The predicted octanol–water partition coefficient (Wildman–Crippen LogP) is 2.22. The third kappa shape index (κ3) is 1.66. The van der Waals surface area contributed by atoms with Gasteiger partial charge in [-0.25, -0.2) is 0 Å². The molecule has 4 N–H and O–H groups in total. The van der Waals surface area contributed by atoms with E-state index in [2.05, 4.69) is 42.5 Å². The average Bonchev–Trinajstić information content (AvgIpc) is 2.75. The summed E-state index contributed by atoms with van der Waals surface area (Å²) >= 11 is 0. The number of hydrogen-bond acceptors (Lipinski definition) is 2. The van der Waals surface area contributed by atoms with Gasteiger partial charge in [0.2, 0.25) is 0 Å². The Morgan fingerprint density at radius 1 is 1.00 bits per heavy atom. The summed E-state index contributed by atoms with van der Waals surface area (Å²) in [7, 11) is 0. The van der Waals surface area contributed by atoms with Crippen molar-refractivity contribution in [2.45, 2.75) is 12.5 Å². The molecule has 0 radical (unpaired) electrons. The van der Waals surface area contributed by atoms with E-state index in [9.17, 15) is 0 Å². The van der Waals surface area contributed by atoms with Crippen LogP contribution in [0.2, 0.25) is 0 Å². The van der Waals surface area contributed by atoms with Crippen LogP contribution in [-0.2, 0) is 6.42 Å². The minimum absolute atomic E-state index is 0.0620. The van der Waals surface area contributed by atoms with Gasteiger partial charge < -0.3 is 11.5 Å². The molecule has 0 fully saturated rings. The Morgan fingerprint density at radius 3 is 2.59 bits per heavy atom. The molecule has 2 nitrogen and oxygen atoms in total. The van der Waals surface area contributed by atoms with Crippen LogP contribution in [0, 0.1) is 0 Å².